The van der Waals surface area contributed by atoms with Gasteiger partial charge in [-0.15, -0.1) is 0 Å². The van der Waals surface area contributed by atoms with Crippen molar-refractivity contribution in [3.05, 3.63) is 0 Å². The predicted octanol–water partition coefficient (Wildman–Crippen LogP) is 1.35. The molecule has 9 heavy (non-hydrogen) atoms. The van der Waals surface area contributed by atoms with Crippen LogP contribution in [0.4, 0.5) is 0 Å². The summed E-state index contributed by atoms with van der Waals surface area (Å²) in [6.07, 6.45) is 1.42. The van der Waals surface area contributed by atoms with Crippen LogP contribution in [0.3, 0.4) is 0 Å². The smallest absolute Gasteiger partial charge is 0.305 e. The summed E-state index contributed by atoms with van der Waals surface area (Å²) < 4.78 is 4.64. The van der Waals surface area contributed by atoms with E-state index in [2.05, 4.69) is 4.74 Å². The van der Waals surface area contributed by atoms with Crippen LogP contribution in [0.25, 0.3) is 0 Å². The molecule has 0 aliphatic carbocycles. The van der Waals surface area contributed by atoms with Gasteiger partial charge >= 0.3 is 5.97 Å². The average Bonchev–Trinajstić information content (AvgIpc) is 1.68. The van der Waals surface area contributed by atoms with E-state index >= 15 is 0 Å². The first-order chi connectivity index (χ1) is 3.81. The minimum absolute atomic E-state index is 0. The Morgan fingerprint density at radius 2 is 2.00 bits per heavy atom. The molecule has 0 aromatic carbocycles. The zero-order valence-corrected chi connectivity index (χ0v) is 7.22. The Kier molecular flexibility index (Phi) is 10.9. The van der Waals surface area contributed by atoms with Gasteiger partial charge in [-0.1, -0.05) is 6.92 Å². The third-order valence-electron chi connectivity index (χ3n) is 0.759. The van der Waals surface area contributed by atoms with Crippen molar-refractivity contribution in [2.45, 2.75) is 26.7 Å². The van der Waals surface area contributed by atoms with Crippen molar-refractivity contribution in [1.29, 1.82) is 0 Å². The molecule has 1 radical (unpaired) electrons. The monoisotopic (exact) mass is 223 g/mol. The van der Waals surface area contributed by atoms with Gasteiger partial charge in [0.1, 0.15) is 0 Å². The van der Waals surface area contributed by atoms with Crippen LogP contribution in [0.15, 0.2) is 0 Å². The van der Waals surface area contributed by atoms with Crippen molar-refractivity contribution in [2.75, 3.05) is 6.61 Å². The van der Waals surface area contributed by atoms with Crippen molar-refractivity contribution in [1.82, 2.24) is 0 Å². The van der Waals surface area contributed by atoms with Crippen LogP contribution in [0.1, 0.15) is 26.7 Å². The van der Waals surface area contributed by atoms with Gasteiger partial charge in [0, 0.05) is 28.8 Å². The molecule has 0 atom stereocenters. The van der Waals surface area contributed by atoms with Gasteiger partial charge in [-0.05, 0) is 13.3 Å². The number of carbonyl (C=O) groups excluding carboxylic acids is 1. The fourth-order valence-electron chi connectivity index (χ4n) is 0.437. The summed E-state index contributed by atoms with van der Waals surface area (Å²) in [7, 11) is 0. The summed E-state index contributed by atoms with van der Waals surface area (Å²) in [6, 6.07) is 0. The first-order valence-electron chi connectivity index (χ1n) is 2.96. The van der Waals surface area contributed by atoms with E-state index in [1.54, 1.807) is 0 Å². The zero-order chi connectivity index (χ0) is 6.41. The van der Waals surface area contributed by atoms with Gasteiger partial charge in [-0.3, -0.25) is 4.79 Å². The zero-order valence-electron chi connectivity index (χ0n) is 5.74. The fraction of sp³-hybridized carbons (Fsp3) is 0.833. The topological polar surface area (TPSA) is 26.3 Å². The summed E-state index contributed by atoms with van der Waals surface area (Å²) in [5.74, 6) is -0.0880. The molecule has 0 amide bonds. The molecule has 0 saturated heterocycles. The van der Waals surface area contributed by atoms with Crippen LogP contribution in [0.2, 0.25) is 0 Å². The van der Waals surface area contributed by atoms with Crippen LogP contribution in [-0.2, 0) is 31.9 Å². The molecule has 3 heteroatoms. The molecule has 2 nitrogen and oxygen atoms in total. The molecule has 0 aromatic rings. The van der Waals surface area contributed by atoms with Crippen molar-refractivity contribution in [3.63, 3.8) is 0 Å². The minimum atomic E-state index is -0.0880. The molecule has 0 spiro atoms. The maximum Gasteiger partial charge on any atom is 0.305 e. The fourth-order valence-corrected chi connectivity index (χ4v) is 0.437. The maximum atomic E-state index is 10.4. The average molecular weight is 224 g/mol. The number of rotatable bonds is 3. The van der Waals surface area contributed by atoms with Gasteiger partial charge in [0.25, 0.3) is 0 Å². The third-order valence-corrected chi connectivity index (χ3v) is 0.759. The van der Waals surface area contributed by atoms with Gasteiger partial charge in [0.2, 0.25) is 0 Å². The molecule has 0 N–H and O–H groups in total. The first kappa shape index (κ1) is 11.9. The van der Waals surface area contributed by atoms with Gasteiger partial charge in [0.05, 0.1) is 6.61 Å². The summed E-state index contributed by atoms with van der Waals surface area (Å²) in [5, 5.41) is 0. The minimum Gasteiger partial charge on any atom is -0.466 e. The molecule has 0 bridgehead atoms. The van der Waals surface area contributed by atoms with E-state index in [1.807, 2.05) is 13.8 Å². The Morgan fingerprint density at radius 1 is 1.44 bits per heavy atom. The quantitative estimate of drug-likeness (QED) is 0.534. The second-order valence-electron chi connectivity index (χ2n) is 1.56. The van der Waals surface area contributed by atoms with Gasteiger partial charge < -0.3 is 4.74 Å². The van der Waals surface area contributed by atoms with E-state index in [1.165, 1.54) is 0 Å². The largest absolute Gasteiger partial charge is 0.466 e. The Balaban J connectivity index is 0. The maximum absolute atomic E-state index is 10.4. The van der Waals surface area contributed by atoms with Crippen molar-refractivity contribution < 1.29 is 31.9 Å². The number of esters is 1. The Hall–Kier alpha value is 0.210. The number of hydrogen-bond donors (Lipinski definition) is 0. The third kappa shape index (κ3) is 8.21. The summed E-state index contributed by atoms with van der Waals surface area (Å²) >= 11 is 0. The normalized spacial score (nSPS) is 7.78. The molecule has 0 aliphatic heterocycles. The number of hydrogen-bond acceptors (Lipinski definition) is 2. The molecule has 59 valence electrons. The van der Waals surface area contributed by atoms with Crippen molar-refractivity contribution >= 4 is 5.97 Å². The van der Waals surface area contributed by atoms with E-state index in [0.717, 1.165) is 6.42 Å². The Morgan fingerprint density at radius 3 is 2.33 bits per heavy atom. The Labute approximate surface area is 71.5 Å². The van der Waals surface area contributed by atoms with E-state index in [-0.39, 0.29) is 28.3 Å². The van der Waals surface area contributed by atoms with E-state index in [0.29, 0.717) is 13.0 Å². The Bertz CT molecular complexity index is 65.5. The van der Waals surface area contributed by atoms with E-state index in [9.17, 15) is 4.79 Å². The molecular formula is C6H12AgO2. The van der Waals surface area contributed by atoms with Crippen LogP contribution < -0.4 is 0 Å². The molecule has 0 aromatic heterocycles. The van der Waals surface area contributed by atoms with Gasteiger partial charge in [-0.25, -0.2) is 0 Å². The molecule has 0 heterocycles. The van der Waals surface area contributed by atoms with E-state index in [4.69, 9.17) is 0 Å². The number of ether oxygens (including phenoxy) is 1. The van der Waals surface area contributed by atoms with Crippen LogP contribution >= 0.6 is 0 Å². The van der Waals surface area contributed by atoms with Crippen LogP contribution in [-0.4, -0.2) is 12.6 Å². The summed E-state index contributed by atoms with van der Waals surface area (Å²) in [4.78, 5) is 10.4. The molecular weight excluding hydrogens is 212 g/mol. The van der Waals surface area contributed by atoms with Gasteiger partial charge in [-0.2, -0.15) is 0 Å². The van der Waals surface area contributed by atoms with Crippen molar-refractivity contribution in [2.24, 2.45) is 0 Å². The summed E-state index contributed by atoms with van der Waals surface area (Å²) in [5.41, 5.74) is 0. The molecule has 0 unspecified atom stereocenters. The second-order valence-corrected chi connectivity index (χ2v) is 1.56. The molecule has 0 rings (SSSR count). The van der Waals surface area contributed by atoms with Crippen molar-refractivity contribution in [3.8, 4) is 0 Å². The summed E-state index contributed by atoms with van der Waals surface area (Å²) in [6.45, 7) is 4.27. The van der Waals surface area contributed by atoms with E-state index < -0.39 is 0 Å². The molecule has 0 aliphatic rings. The molecule has 0 saturated carbocycles. The van der Waals surface area contributed by atoms with Crippen LogP contribution in [0.5, 0.6) is 0 Å². The van der Waals surface area contributed by atoms with Crippen LogP contribution in [0, 0.1) is 0 Å². The first-order valence-corrected chi connectivity index (χ1v) is 2.96. The molecule has 0 fully saturated rings. The number of carbonyl (C=O) groups is 1. The second kappa shape index (κ2) is 8.21. The SMILES string of the molecule is CCCC(=O)OCC.[Ag]. The van der Waals surface area contributed by atoms with Gasteiger partial charge in [0.15, 0.2) is 0 Å². The predicted molar refractivity (Wildman–Crippen MR) is 31.5 cm³/mol. The standard InChI is InChI=1S/C6H12O2.Ag/c1-3-5-6(7)8-4-2;/h3-5H2,1-2H3;.